The summed E-state index contributed by atoms with van der Waals surface area (Å²) < 4.78 is 0. The largest absolute Gasteiger partial charge is 0.301 e. The van der Waals surface area contributed by atoms with Gasteiger partial charge in [-0.3, -0.25) is 9.69 Å². The molecule has 20 heavy (non-hydrogen) atoms. The first-order valence-electron chi connectivity index (χ1n) is 6.68. The van der Waals surface area contributed by atoms with Crippen molar-refractivity contribution >= 4 is 23.1 Å². The van der Waals surface area contributed by atoms with Gasteiger partial charge in [0, 0.05) is 23.5 Å². The lowest BCUT2D eigenvalue weighted by molar-refractivity contribution is 0.248. The first-order chi connectivity index (χ1) is 9.76. The van der Waals surface area contributed by atoms with Gasteiger partial charge < -0.3 is 4.98 Å². The third-order valence-corrected chi connectivity index (χ3v) is 5.12. The molecule has 1 saturated heterocycles. The van der Waals surface area contributed by atoms with Gasteiger partial charge >= 0.3 is 0 Å². The Morgan fingerprint density at radius 3 is 3.25 bits per heavy atom. The quantitative estimate of drug-likeness (QED) is 0.697. The fourth-order valence-corrected chi connectivity index (χ4v) is 3.99. The number of rotatable bonds is 4. The molecule has 6 heteroatoms. The monoisotopic (exact) mass is 307 g/mol. The third-order valence-electron chi connectivity index (χ3n) is 3.57. The molecule has 0 radical (unpaired) electrons. The highest BCUT2D eigenvalue weighted by atomic mass is 32.2. The predicted molar refractivity (Wildman–Crippen MR) is 83.3 cm³/mol. The lowest BCUT2D eigenvalue weighted by atomic mass is 10.2. The maximum absolute atomic E-state index is 11.6. The maximum atomic E-state index is 11.6. The molecular weight excluding hydrogens is 290 g/mol. The summed E-state index contributed by atoms with van der Waals surface area (Å²) in [7, 11) is 0. The Hall–Kier alpha value is -1.11. The molecule has 1 atom stereocenters. The molecule has 0 amide bonds. The molecule has 1 N–H and O–H groups in total. The average molecular weight is 307 g/mol. The molecule has 0 spiro atoms. The van der Waals surface area contributed by atoms with Crippen molar-refractivity contribution in [3.63, 3.8) is 0 Å². The van der Waals surface area contributed by atoms with E-state index in [9.17, 15) is 4.79 Å². The van der Waals surface area contributed by atoms with Gasteiger partial charge in [0.1, 0.15) is 0 Å². The molecule has 2 aromatic heterocycles. The Morgan fingerprint density at radius 1 is 1.60 bits per heavy atom. The van der Waals surface area contributed by atoms with Crippen molar-refractivity contribution in [2.75, 3.05) is 12.8 Å². The standard InChI is InChI=1S/C14H17N3OS2/c1-19-14-15-10(8-13(18)16-14)9-17-6-2-4-11(17)12-5-3-7-20-12/h3,5,7-8,11H,2,4,6,9H2,1H3,(H,15,16,18)/t11-/m0/s1. The first kappa shape index (κ1) is 13.9. The molecule has 0 aliphatic carbocycles. The highest BCUT2D eigenvalue weighted by Crippen LogP contribution is 2.35. The predicted octanol–water partition coefficient (Wildman–Crippen LogP) is 2.89. The average Bonchev–Trinajstić information content (AvgIpc) is 3.08. The zero-order chi connectivity index (χ0) is 13.9. The van der Waals surface area contributed by atoms with Crippen molar-refractivity contribution in [3.05, 3.63) is 44.5 Å². The molecule has 3 rings (SSSR count). The highest BCUT2D eigenvalue weighted by Gasteiger charge is 2.27. The molecular formula is C14H17N3OS2. The van der Waals surface area contributed by atoms with Crippen LogP contribution in [0.1, 0.15) is 29.5 Å². The van der Waals surface area contributed by atoms with Crippen LogP contribution in [-0.2, 0) is 6.54 Å². The van der Waals surface area contributed by atoms with Crippen LogP contribution in [0.15, 0.2) is 33.5 Å². The van der Waals surface area contributed by atoms with E-state index in [-0.39, 0.29) is 5.56 Å². The summed E-state index contributed by atoms with van der Waals surface area (Å²) in [4.78, 5) is 22.7. The lowest BCUT2D eigenvalue weighted by Crippen LogP contribution is -2.24. The van der Waals surface area contributed by atoms with Gasteiger partial charge in [-0.25, -0.2) is 4.98 Å². The van der Waals surface area contributed by atoms with E-state index in [1.54, 1.807) is 6.07 Å². The molecule has 106 valence electrons. The Balaban J connectivity index is 1.80. The van der Waals surface area contributed by atoms with E-state index in [1.807, 2.05) is 17.6 Å². The van der Waals surface area contributed by atoms with Crippen LogP contribution in [0.2, 0.25) is 0 Å². The van der Waals surface area contributed by atoms with E-state index in [0.29, 0.717) is 11.2 Å². The van der Waals surface area contributed by atoms with E-state index in [1.165, 1.54) is 29.5 Å². The number of nitrogens with one attached hydrogen (secondary N) is 1. The Morgan fingerprint density at radius 2 is 2.50 bits per heavy atom. The van der Waals surface area contributed by atoms with Gasteiger partial charge in [-0.2, -0.15) is 0 Å². The van der Waals surface area contributed by atoms with E-state index in [2.05, 4.69) is 32.4 Å². The van der Waals surface area contributed by atoms with Crippen LogP contribution in [0.25, 0.3) is 0 Å². The number of likely N-dealkylation sites (tertiary alicyclic amines) is 1. The van der Waals surface area contributed by atoms with Crippen molar-refractivity contribution < 1.29 is 0 Å². The molecule has 2 aromatic rings. The van der Waals surface area contributed by atoms with Gasteiger partial charge in [-0.05, 0) is 37.1 Å². The van der Waals surface area contributed by atoms with Crippen molar-refractivity contribution in [3.8, 4) is 0 Å². The van der Waals surface area contributed by atoms with Crippen LogP contribution in [0, 0.1) is 0 Å². The van der Waals surface area contributed by atoms with Gasteiger partial charge in [-0.1, -0.05) is 17.8 Å². The highest BCUT2D eigenvalue weighted by molar-refractivity contribution is 7.98. The van der Waals surface area contributed by atoms with E-state index in [4.69, 9.17) is 0 Å². The van der Waals surface area contributed by atoms with E-state index < -0.39 is 0 Å². The smallest absolute Gasteiger partial charge is 0.251 e. The van der Waals surface area contributed by atoms with Gasteiger partial charge in [0.25, 0.3) is 5.56 Å². The fourth-order valence-electron chi connectivity index (χ4n) is 2.69. The topological polar surface area (TPSA) is 49.0 Å². The molecule has 1 aliphatic heterocycles. The molecule has 4 nitrogen and oxygen atoms in total. The number of H-pyrrole nitrogens is 1. The number of hydrogen-bond donors (Lipinski definition) is 1. The fraction of sp³-hybridized carbons (Fsp3) is 0.429. The van der Waals surface area contributed by atoms with Gasteiger partial charge in [0.2, 0.25) is 0 Å². The van der Waals surface area contributed by atoms with Gasteiger partial charge in [0.15, 0.2) is 5.16 Å². The second-order valence-corrected chi connectivity index (χ2v) is 6.66. The van der Waals surface area contributed by atoms with E-state index in [0.717, 1.165) is 18.8 Å². The summed E-state index contributed by atoms with van der Waals surface area (Å²) in [6, 6.07) is 6.40. The van der Waals surface area contributed by atoms with Crippen LogP contribution < -0.4 is 5.56 Å². The molecule has 1 fully saturated rings. The summed E-state index contributed by atoms with van der Waals surface area (Å²) >= 11 is 3.28. The van der Waals surface area contributed by atoms with Crippen LogP contribution in [0.4, 0.5) is 0 Å². The number of aromatic amines is 1. The Kier molecular flexibility index (Phi) is 4.24. The number of thioether (sulfide) groups is 1. The third kappa shape index (κ3) is 2.97. The molecule has 3 heterocycles. The molecule has 1 aliphatic rings. The van der Waals surface area contributed by atoms with Crippen LogP contribution in [-0.4, -0.2) is 27.7 Å². The summed E-state index contributed by atoms with van der Waals surface area (Å²) in [6.45, 7) is 1.83. The normalized spacial score (nSPS) is 19.6. The summed E-state index contributed by atoms with van der Waals surface area (Å²) in [6.07, 6.45) is 4.33. The van der Waals surface area contributed by atoms with Crippen molar-refractivity contribution in [1.29, 1.82) is 0 Å². The minimum Gasteiger partial charge on any atom is -0.301 e. The SMILES string of the molecule is CSc1nc(CN2CCC[C@H]2c2cccs2)cc(=O)[nH]1. The maximum Gasteiger partial charge on any atom is 0.251 e. The van der Waals surface area contributed by atoms with Gasteiger partial charge in [0.05, 0.1) is 5.69 Å². The minimum absolute atomic E-state index is 0.0637. The zero-order valence-corrected chi connectivity index (χ0v) is 13.0. The minimum atomic E-state index is -0.0637. The van der Waals surface area contributed by atoms with Crippen LogP contribution in [0.5, 0.6) is 0 Å². The second kappa shape index (κ2) is 6.11. The van der Waals surface area contributed by atoms with Crippen molar-refractivity contribution in [2.45, 2.75) is 30.6 Å². The molecule has 0 saturated carbocycles. The lowest BCUT2D eigenvalue weighted by Gasteiger charge is -2.23. The first-order valence-corrected chi connectivity index (χ1v) is 8.78. The molecule has 0 aromatic carbocycles. The van der Waals surface area contributed by atoms with Crippen molar-refractivity contribution in [2.24, 2.45) is 0 Å². The second-order valence-electron chi connectivity index (χ2n) is 4.89. The number of hydrogen-bond acceptors (Lipinski definition) is 5. The number of thiophene rings is 1. The Bertz CT molecular complexity index is 624. The number of nitrogens with zero attached hydrogens (tertiary/aromatic N) is 2. The molecule has 0 unspecified atom stereocenters. The number of aromatic nitrogens is 2. The summed E-state index contributed by atoms with van der Waals surface area (Å²) in [5.41, 5.74) is 0.799. The zero-order valence-electron chi connectivity index (χ0n) is 11.3. The Labute approximate surface area is 126 Å². The van der Waals surface area contributed by atoms with Crippen LogP contribution >= 0.6 is 23.1 Å². The summed E-state index contributed by atoms with van der Waals surface area (Å²) in [5, 5.41) is 2.82. The summed E-state index contributed by atoms with van der Waals surface area (Å²) in [5.74, 6) is 0. The van der Waals surface area contributed by atoms with Gasteiger partial charge in [-0.15, -0.1) is 11.3 Å². The van der Waals surface area contributed by atoms with Crippen molar-refractivity contribution in [1.82, 2.24) is 14.9 Å². The molecule has 0 bridgehead atoms. The van der Waals surface area contributed by atoms with E-state index >= 15 is 0 Å². The van der Waals surface area contributed by atoms with Crippen LogP contribution in [0.3, 0.4) is 0 Å².